The third-order valence-corrected chi connectivity index (χ3v) is 5.94. The standard InChI is InChI=1S/C25H25FN4O3/c1-28(23-11-14-29(15-12-23)24(31)20-5-3-13-30(33)17-20)25(32)27-22-9-7-18(8-10-22)19-4-2-6-21(26)16-19/h2-10,13,16-17,23H,11-12,14-15H2,1H3,(H,27,32). The van der Waals surface area contributed by atoms with Crippen molar-refractivity contribution in [1.82, 2.24) is 9.80 Å². The Morgan fingerprint density at radius 2 is 1.79 bits per heavy atom. The number of carbonyl (C=O) groups is 2. The molecular formula is C25H25FN4O3. The molecule has 170 valence electrons. The van der Waals surface area contributed by atoms with Crippen LogP contribution in [0.4, 0.5) is 14.9 Å². The molecule has 0 aliphatic carbocycles. The summed E-state index contributed by atoms with van der Waals surface area (Å²) < 4.78 is 14.1. The topological polar surface area (TPSA) is 79.6 Å². The van der Waals surface area contributed by atoms with Gasteiger partial charge in [0, 0.05) is 37.9 Å². The van der Waals surface area contributed by atoms with E-state index in [1.165, 1.54) is 24.5 Å². The maximum Gasteiger partial charge on any atom is 0.321 e. The third-order valence-electron chi connectivity index (χ3n) is 5.94. The van der Waals surface area contributed by atoms with Crippen LogP contribution in [-0.4, -0.2) is 47.9 Å². The number of aromatic nitrogens is 1. The van der Waals surface area contributed by atoms with Gasteiger partial charge in [0.25, 0.3) is 5.91 Å². The Bertz CT molecular complexity index is 1140. The summed E-state index contributed by atoms with van der Waals surface area (Å²) in [5, 5.41) is 14.3. The predicted molar refractivity (Wildman–Crippen MR) is 123 cm³/mol. The molecule has 8 heteroatoms. The zero-order valence-electron chi connectivity index (χ0n) is 18.3. The molecule has 1 fully saturated rings. The van der Waals surface area contributed by atoms with E-state index in [4.69, 9.17) is 0 Å². The summed E-state index contributed by atoms with van der Waals surface area (Å²) in [5.41, 5.74) is 2.64. The average molecular weight is 448 g/mol. The van der Waals surface area contributed by atoms with Crippen LogP contribution in [0.2, 0.25) is 0 Å². The number of rotatable bonds is 4. The van der Waals surface area contributed by atoms with Crippen LogP contribution in [-0.2, 0) is 0 Å². The van der Waals surface area contributed by atoms with Gasteiger partial charge in [0.05, 0.1) is 0 Å². The smallest absolute Gasteiger partial charge is 0.321 e. The first-order valence-corrected chi connectivity index (χ1v) is 10.8. The van der Waals surface area contributed by atoms with Crippen LogP contribution in [0.15, 0.2) is 73.1 Å². The van der Waals surface area contributed by atoms with Gasteiger partial charge in [-0.15, -0.1) is 0 Å². The largest absolute Gasteiger partial charge is 0.619 e. The zero-order chi connectivity index (χ0) is 23.4. The van der Waals surface area contributed by atoms with E-state index in [1.807, 2.05) is 18.2 Å². The van der Waals surface area contributed by atoms with Gasteiger partial charge in [0.1, 0.15) is 11.4 Å². The first kappa shape index (κ1) is 22.3. The van der Waals surface area contributed by atoms with Gasteiger partial charge in [-0.2, -0.15) is 4.73 Å². The van der Waals surface area contributed by atoms with Gasteiger partial charge >= 0.3 is 6.03 Å². The second kappa shape index (κ2) is 9.68. The van der Waals surface area contributed by atoms with Crippen molar-refractivity contribution in [3.8, 4) is 11.1 Å². The maximum atomic E-state index is 13.4. The normalized spacial score (nSPS) is 14.1. The Hall–Kier alpha value is -3.94. The summed E-state index contributed by atoms with van der Waals surface area (Å²) in [7, 11) is 1.75. The number of nitrogens with one attached hydrogen (secondary N) is 1. The van der Waals surface area contributed by atoms with Crippen LogP contribution in [0.5, 0.6) is 0 Å². The molecule has 4 rings (SSSR count). The Labute approximate surface area is 191 Å². The number of pyridine rings is 1. The molecule has 7 nitrogen and oxygen atoms in total. The summed E-state index contributed by atoms with van der Waals surface area (Å²) in [6.07, 6.45) is 3.91. The number of likely N-dealkylation sites (tertiary alicyclic amines) is 1. The van der Waals surface area contributed by atoms with Crippen LogP contribution in [0.1, 0.15) is 23.2 Å². The lowest BCUT2D eigenvalue weighted by molar-refractivity contribution is -0.605. The Morgan fingerprint density at radius 1 is 1.06 bits per heavy atom. The minimum Gasteiger partial charge on any atom is -0.619 e. The van der Waals surface area contributed by atoms with Crippen molar-refractivity contribution in [3.05, 3.63) is 89.6 Å². The van der Waals surface area contributed by atoms with E-state index < -0.39 is 0 Å². The number of piperidine rings is 1. The highest BCUT2D eigenvalue weighted by Gasteiger charge is 2.28. The molecular weight excluding hydrogens is 423 g/mol. The number of nitrogens with zero attached hydrogens (tertiary/aromatic N) is 3. The number of halogens is 1. The molecule has 33 heavy (non-hydrogen) atoms. The molecule has 0 radical (unpaired) electrons. The zero-order valence-corrected chi connectivity index (χ0v) is 18.3. The monoisotopic (exact) mass is 448 g/mol. The van der Waals surface area contributed by atoms with E-state index >= 15 is 0 Å². The minimum atomic E-state index is -0.294. The molecule has 0 unspecified atom stereocenters. The van der Waals surface area contributed by atoms with Crippen molar-refractivity contribution < 1.29 is 18.7 Å². The summed E-state index contributed by atoms with van der Waals surface area (Å²) >= 11 is 0. The fraction of sp³-hybridized carbons (Fsp3) is 0.240. The van der Waals surface area contributed by atoms with Crippen LogP contribution < -0.4 is 10.0 Å². The SMILES string of the molecule is CN(C(=O)Nc1ccc(-c2cccc(F)c2)cc1)C1CCN(C(=O)c2ccc[n+]([O-])c2)CC1. The van der Waals surface area contributed by atoms with Crippen molar-refractivity contribution in [1.29, 1.82) is 0 Å². The number of hydrogen-bond acceptors (Lipinski definition) is 3. The van der Waals surface area contributed by atoms with E-state index in [0.29, 0.717) is 41.9 Å². The quantitative estimate of drug-likeness (QED) is 0.486. The number of anilines is 1. The van der Waals surface area contributed by atoms with Crippen molar-refractivity contribution in [2.24, 2.45) is 0 Å². The maximum absolute atomic E-state index is 13.4. The Kier molecular flexibility index (Phi) is 6.53. The molecule has 0 saturated carbocycles. The summed E-state index contributed by atoms with van der Waals surface area (Å²) in [5.74, 6) is -0.471. The van der Waals surface area contributed by atoms with Gasteiger partial charge in [-0.3, -0.25) is 4.79 Å². The lowest BCUT2D eigenvalue weighted by atomic mass is 10.0. The van der Waals surface area contributed by atoms with Gasteiger partial charge in [0.15, 0.2) is 12.4 Å². The van der Waals surface area contributed by atoms with Crippen LogP contribution in [0, 0.1) is 11.0 Å². The van der Waals surface area contributed by atoms with Crippen LogP contribution >= 0.6 is 0 Å². The summed E-state index contributed by atoms with van der Waals surface area (Å²) in [6, 6.07) is 16.6. The lowest BCUT2D eigenvalue weighted by Crippen LogP contribution is -2.48. The molecule has 0 atom stereocenters. The van der Waals surface area contributed by atoms with E-state index in [-0.39, 0.29) is 23.8 Å². The van der Waals surface area contributed by atoms with Gasteiger partial charge in [-0.1, -0.05) is 24.3 Å². The van der Waals surface area contributed by atoms with Crippen molar-refractivity contribution in [2.45, 2.75) is 18.9 Å². The molecule has 1 aliphatic heterocycles. The molecule has 1 aliphatic rings. The van der Waals surface area contributed by atoms with Gasteiger partial charge in [-0.25, -0.2) is 9.18 Å². The van der Waals surface area contributed by atoms with Gasteiger partial charge in [-0.05, 0) is 54.3 Å². The number of hydrogen-bond donors (Lipinski definition) is 1. The molecule has 1 saturated heterocycles. The number of amides is 3. The van der Waals surface area contributed by atoms with Crippen LogP contribution in [0.25, 0.3) is 11.1 Å². The fourth-order valence-corrected chi connectivity index (χ4v) is 4.01. The number of carbonyl (C=O) groups excluding carboxylic acids is 2. The molecule has 1 N–H and O–H groups in total. The van der Waals surface area contributed by atoms with Crippen molar-refractivity contribution in [3.63, 3.8) is 0 Å². The van der Waals surface area contributed by atoms with Gasteiger partial charge in [0.2, 0.25) is 0 Å². The molecule has 3 amide bonds. The Balaban J connectivity index is 1.31. The van der Waals surface area contributed by atoms with Crippen molar-refractivity contribution in [2.75, 3.05) is 25.5 Å². The number of urea groups is 1. The Morgan fingerprint density at radius 3 is 2.45 bits per heavy atom. The van der Waals surface area contributed by atoms with E-state index in [9.17, 15) is 19.2 Å². The van der Waals surface area contributed by atoms with E-state index in [0.717, 1.165) is 11.1 Å². The highest BCUT2D eigenvalue weighted by molar-refractivity contribution is 5.94. The summed E-state index contributed by atoms with van der Waals surface area (Å²) in [6.45, 7) is 1.02. The van der Waals surface area contributed by atoms with Crippen LogP contribution in [0.3, 0.4) is 0 Å². The van der Waals surface area contributed by atoms with E-state index in [1.54, 1.807) is 47.2 Å². The molecule has 1 aromatic heterocycles. The predicted octanol–water partition coefficient (Wildman–Crippen LogP) is 3.89. The first-order chi connectivity index (χ1) is 15.9. The summed E-state index contributed by atoms with van der Waals surface area (Å²) in [4.78, 5) is 28.7. The molecule has 3 aromatic rings. The second-order valence-corrected chi connectivity index (χ2v) is 8.10. The van der Waals surface area contributed by atoms with Crippen molar-refractivity contribution >= 4 is 17.6 Å². The van der Waals surface area contributed by atoms with E-state index in [2.05, 4.69) is 5.32 Å². The highest BCUT2D eigenvalue weighted by Crippen LogP contribution is 2.23. The number of benzene rings is 2. The lowest BCUT2D eigenvalue weighted by Gasteiger charge is -2.36. The molecule has 0 spiro atoms. The highest BCUT2D eigenvalue weighted by atomic mass is 19.1. The second-order valence-electron chi connectivity index (χ2n) is 8.10. The minimum absolute atomic E-state index is 0.000773. The molecule has 2 heterocycles. The third kappa shape index (κ3) is 5.28. The fourth-order valence-electron chi connectivity index (χ4n) is 4.01. The average Bonchev–Trinajstić information content (AvgIpc) is 2.83. The van der Waals surface area contributed by atoms with Gasteiger partial charge < -0.3 is 20.3 Å². The molecule has 0 bridgehead atoms. The molecule has 2 aromatic carbocycles. The first-order valence-electron chi connectivity index (χ1n) is 10.8.